The molecule has 0 aliphatic heterocycles. The van der Waals surface area contributed by atoms with Crippen LogP contribution >= 0.6 is 0 Å². The molecule has 1 saturated carbocycles. The Kier molecular flexibility index (Phi) is 10.5. The highest BCUT2D eigenvalue weighted by atomic mass is 32.2. The van der Waals surface area contributed by atoms with E-state index >= 15 is 8.78 Å². The van der Waals surface area contributed by atoms with Gasteiger partial charge in [-0.25, -0.2) is 26.6 Å². The molecule has 0 atom stereocenters. The van der Waals surface area contributed by atoms with Crippen molar-refractivity contribution in [3.05, 3.63) is 82.0 Å². The standard InChI is InChI=1S/C33H39F3N6O4S/c1-20(2)42-31-23(18-37-33(39-31)38-25-9-11-26(12-10-25)41(3)13-14-46-4)15-27(32(42)43)22-16-28(35)30(29(36)17-22)40-47(44,45)19-21-5-7-24(34)8-6-21/h5-8,15-18,20,25-26,40H,9-14,19H2,1-4H3,(H,37,38,39). The number of nitrogens with zero attached hydrogens (tertiary/aromatic N) is 4. The van der Waals surface area contributed by atoms with Gasteiger partial charge in [0.25, 0.3) is 5.56 Å². The fraction of sp³-hybridized carbons (Fsp3) is 0.424. The van der Waals surface area contributed by atoms with E-state index < -0.39 is 44.5 Å². The van der Waals surface area contributed by atoms with Crippen molar-refractivity contribution in [3.8, 4) is 11.1 Å². The van der Waals surface area contributed by atoms with Crippen molar-refractivity contribution in [2.24, 2.45) is 0 Å². The zero-order valence-corrected chi connectivity index (χ0v) is 27.6. The predicted molar refractivity (Wildman–Crippen MR) is 176 cm³/mol. The maximum absolute atomic E-state index is 15.3. The third-order valence-corrected chi connectivity index (χ3v) is 9.70. The van der Waals surface area contributed by atoms with E-state index in [0.29, 0.717) is 29.6 Å². The number of fused-ring (bicyclic) bond motifs is 1. The van der Waals surface area contributed by atoms with Gasteiger partial charge in [-0.1, -0.05) is 12.1 Å². The summed E-state index contributed by atoms with van der Waals surface area (Å²) < 4.78 is 77.6. The molecule has 10 nitrogen and oxygen atoms in total. The molecular weight excluding hydrogens is 633 g/mol. The molecule has 0 amide bonds. The van der Waals surface area contributed by atoms with Gasteiger partial charge in [-0.2, -0.15) is 4.98 Å². The van der Waals surface area contributed by atoms with E-state index in [-0.39, 0.29) is 28.8 Å². The van der Waals surface area contributed by atoms with Gasteiger partial charge in [0.15, 0.2) is 11.6 Å². The van der Waals surface area contributed by atoms with Crippen molar-refractivity contribution >= 4 is 32.7 Å². The number of rotatable bonds is 12. The maximum Gasteiger partial charge on any atom is 0.260 e. The number of ether oxygens (including phenoxy) is 1. The lowest BCUT2D eigenvalue weighted by molar-refractivity contribution is 0.121. The van der Waals surface area contributed by atoms with E-state index in [2.05, 4.69) is 27.2 Å². The van der Waals surface area contributed by atoms with Crippen LogP contribution in [0.5, 0.6) is 0 Å². The van der Waals surface area contributed by atoms with Crippen molar-refractivity contribution in [1.82, 2.24) is 19.4 Å². The lowest BCUT2D eigenvalue weighted by Crippen LogP contribution is -2.39. The first kappa shape index (κ1) is 34.3. The molecule has 47 heavy (non-hydrogen) atoms. The fourth-order valence-electron chi connectivity index (χ4n) is 5.95. The normalized spacial score (nSPS) is 17.0. The minimum atomic E-state index is -4.25. The number of methoxy groups -OCH3 is 1. The lowest BCUT2D eigenvalue weighted by atomic mass is 9.90. The van der Waals surface area contributed by atoms with Crippen LogP contribution in [0.2, 0.25) is 0 Å². The zero-order valence-electron chi connectivity index (χ0n) is 26.8. The van der Waals surface area contributed by atoms with Gasteiger partial charge in [-0.3, -0.25) is 14.1 Å². The van der Waals surface area contributed by atoms with E-state index in [9.17, 15) is 17.6 Å². The molecule has 14 heteroatoms. The summed E-state index contributed by atoms with van der Waals surface area (Å²) in [5.74, 6) is -3.18. The Balaban J connectivity index is 1.38. The number of hydrogen-bond donors (Lipinski definition) is 2. The van der Waals surface area contributed by atoms with Gasteiger partial charge in [0.2, 0.25) is 16.0 Å². The van der Waals surface area contributed by atoms with E-state index in [4.69, 9.17) is 4.74 Å². The molecular formula is C33H39F3N6O4S. The number of hydrogen-bond acceptors (Lipinski definition) is 8. The molecule has 0 bridgehead atoms. The largest absolute Gasteiger partial charge is 0.383 e. The molecule has 5 rings (SSSR count). The summed E-state index contributed by atoms with van der Waals surface area (Å²) in [5.41, 5.74) is -0.848. The van der Waals surface area contributed by atoms with Crippen molar-refractivity contribution in [2.75, 3.05) is 37.3 Å². The SMILES string of the molecule is COCCN(C)C1CCC(Nc2ncc3cc(-c4cc(F)c(NS(=O)(=O)Cc5ccc(F)cc5)c(F)c4)c(=O)n(C(C)C)c3n2)CC1. The number of likely N-dealkylation sites (N-methyl/N-ethyl adjacent to an activating group) is 1. The number of pyridine rings is 1. The summed E-state index contributed by atoms with van der Waals surface area (Å²) in [6.45, 7) is 5.18. The second-order valence-corrected chi connectivity index (χ2v) is 13.9. The van der Waals surface area contributed by atoms with Crippen LogP contribution in [0.1, 0.15) is 51.1 Å². The van der Waals surface area contributed by atoms with Crippen LogP contribution in [-0.2, 0) is 20.5 Å². The van der Waals surface area contributed by atoms with Gasteiger partial charge in [-0.05, 0) is 88.0 Å². The van der Waals surface area contributed by atoms with Gasteiger partial charge in [0.05, 0.1) is 12.4 Å². The third kappa shape index (κ3) is 8.11. The van der Waals surface area contributed by atoms with Crippen LogP contribution in [0.4, 0.5) is 24.8 Å². The van der Waals surface area contributed by atoms with E-state index in [1.165, 1.54) is 22.8 Å². The lowest BCUT2D eigenvalue weighted by Gasteiger charge is -2.34. The van der Waals surface area contributed by atoms with Crippen LogP contribution in [0.3, 0.4) is 0 Å². The van der Waals surface area contributed by atoms with Crippen LogP contribution in [0, 0.1) is 17.5 Å². The number of halogens is 3. The first-order chi connectivity index (χ1) is 22.3. The number of aromatic nitrogens is 3. The van der Waals surface area contributed by atoms with Gasteiger partial charge >= 0.3 is 0 Å². The van der Waals surface area contributed by atoms with Gasteiger partial charge in [-0.15, -0.1) is 0 Å². The number of sulfonamides is 1. The summed E-state index contributed by atoms with van der Waals surface area (Å²) in [6.07, 6.45) is 5.49. The Morgan fingerprint density at radius 2 is 1.70 bits per heavy atom. The summed E-state index contributed by atoms with van der Waals surface area (Å²) in [4.78, 5) is 25.2. The minimum absolute atomic E-state index is 0.00458. The maximum atomic E-state index is 15.3. The van der Waals surface area contributed by atoms with Crippen molar-refractivity contribution in [1.29, 1.82) is 0 Å². The Labute approximate surface area is 272 Å². The van der Waals surface area contributed by atoms with E-state index in [0.717, 1.165) is 56.5 Å². The summed E-state index contributed by atoms with van der Waals surface area (Å²) in [5, 5.41) is 3.91. The van der Waals surface area contributed by atoms with Crippen LogP contribution < -0.4 is 15.6 Å². The van der Waals surface area contributed by atoms with Gasteiger partial charge in [0.1, 0.15) is 17.2 Å². The molecule has 2 N–H and O–H groups in total. The highest BCUT2D eigenvalue weighted by molar-refractivity contribution is 7.91. The molecule has 0 spiro atoms. The summed E-state index contributed by atoms with van der Waals surface area (Å²) >= 11 is 0. The molecule has 1 fully saturated rings. The summed E-state index contributed by atoms with van der Waals surface area (Å²) in [6, 6.07) is 8.32. The zero-order chi connectivity index (χ0) is 33.9. The Morgan fingerprint density at radius 3 is 2.32 bits per heavy atom. The van der Waals surface area contributed by atoms with E-state index in [1.807, 2.05) is 4.72 Å². The van der Waals surface area contributed by atoms with Gasteiger partial charge in [0, 0.05) is 48.9 Å². The molecule has 1 aliphatic rings. The molecule has 0 radical (unpaired) electrons. The average Bonchev–Trinajstić information content (AvgIpc) is 3.02. The molecule has 1 aliphatic carbocycles. The Morgan fingerprint density at radius 1 is 1.04 bits per heavy atom. The molecule has 4 aromatic rings. The molecule has 252 valence electrons. The molecule has 2 heterocycles. The van der Waals surface area contributed by atoms with Crippen molar-refractivity contribution in [2.45, 2.75) is 63.4 Å². The first-order valence-electron chi connectivity index (χ1n) is 15.5. The first-order valence-corrected chi connectivity index (χ1v) is 17.1. The van der Waals surface area contributed by atoms with Crippen molar-refractivity contribution in [3.63, 3.8) is 0 Å². The molecule has 2 aromatic heterocycles. The van der Waals surface area contributed by atoms with Crippen LogP contribution in [-0.4, -0.2) is 67.2 Å². The van der Waals surface area contributed by atoms with Gasteiger partial charge < -0.3 is 15.0 Å². The molecule has 0 saturated heterocycles. The monoisotopic (exact) mass is 672 g/mol. The second kappa shape index (κ2) is 14.4. The van der Waals surface area contributed by atoms with Crippen LogP contribution in [0.15, 0.2) is 53.5 Å². The van der Waals surface area contributed by atoms with E-state index in [1.54, 1.807) is 27.2 Å². The number of anilines is 2. The summed E-state index contributed by atoms with van der Waals surface area (Å²) in [7, 11) is -0.441. The topological polar surface area (TPSA) is 118 Å². The highest BCUT2D eigenvalue weighted by Crippen LogP contribution is 2.30. The predicted octanol–water partition coefficient (Wildman–Crippen LogP) is 5.70. The van der Waals surface area contributed by atoms with Crippen molar-refractivity contribution < 1.29 is 26.3 Å². The Bertz CT molecular complexity index is 1870. The Hall–Kier alpha value is -4.01. The third-order valence-electron chi connectivity index (χ3n) is 8.47. The molecule has 2 aromatic carbocycles. The number of benzene rings is 2. The number of nitrogens with one attached hydrogen (secondary N) is 2. The highest BCUT2D eigenvalue weighted by Gasteiger charge is 2.25. The smallest absolute Gasteiger partial charge is 0.260 e. The second-order valence-electron chi connectivity index (χ2n) is 12.2. The quantitative estimate of drug-likeness (QED) is 0.197. The van der Waals surface area contributed by atoms with Crippen LogP contribution in [0.25, 0.3) is 22.2 Å². The fourth-order valence-corrected chi connectivity index (χ4v) is 7.16. The average molecular weight is 673 g/mol. The molecule has 0 unspecified atom stereocenters. The minimum Gasteiger partial charge on any atom is -0.383 e.